The van der Waals surface area contributed by atoms with Gasteiger partial charge in [-0.1, -0.05) is 36.4 Å². The Kier molecular flexibility index (Phi) is 5.22. The number of aromatic amines is 1. The first-order valence-corrected chi connectivity index (χ1v) is 9.75. The molecular weight excluding hydrogens is 380 g/mol. The third-order valence-corrected chi connectivity index (χ3v) is 5.17. The first-order valence-electron chi connectivity index (χ1n) is 8.06. The Balaban J connectivity index is 1.65. The molecule has 4 rings (SSSR count). The molecule has 134 valence electrons. The number of anilines is 1. The maximum absolute atomic E-state index is 12.8. The summed E-state index contributed by atoms with van der Waals surface area (Å²) >= 11 is 2.68. The highest BCUT2D eigenvalue weighted by atomic mass is 32.2. The average Bonchev–Trinajstić information content (AvgIpc) is 3.38. The molecule has 0 saturated carbocycles. The summed E-state index contributed by atoms with van der Waals surface area (Å²) in [6.07, 6.45) is 3.69. The quantitative estimate of drug-likeness (QED) is 0.518. The number of H-pyrrole nitrogens is 1. The molecule has 0 aliphatic heterocycles. The van der Waals surface area contributed by atoms with E-state index in [1.165, 1.54) is 29.4 Å². The van der Waals surface area contributed by atoms with E-state index in [0.29, 0.717) is 27.4 Å². The molecule has 0 atom stereocenters. The Morgan fingerprint density at radius 1 is 1.15 bits per heavy atom. The highest BCUT2D eigenvalue weighted by Gasteiger charge is 2.17. The molecule has 0 bridgehead atoms. The SMILES string of the molecule is O=C(Nc1nccs1)c1nc(Sc2ncn[nH]2)ccc1Cc1ccccc1. The summed E-state index contributed by atoms with van der Waals surface area (Å²) in [6, 6.07) is 13.8. The van der Waals surface area contributed by atoms with Crippen LogP contribution >= 0.6 is 23.1 Å². The minimum absolute atomic E-state index is 0.282. The first kappa shape index (κ1) is 17.4. The van der Waals surface area contributed by atoms with Gasteiger partial charge < -0.3 is 0 Å². The zero-order valence-corrected chi connectivity index (χ0v) is 15.6. The van der Waals surface area contributed by atoms with Crippen molar-refractivity contribution in [3.8, 4) is 0 Å². The van der Waals surface area contributed by atoms with Gasteiger partial charge in [0.15, 0.2) is 10.3 Å². The number of hydrogen-bond donors (Lipinski definition) is 2. The number of thiazole rings is 1. The molecule has 0 fully saturated rings. The van der Waals surface area contributed by atoms with Crippen LogP contribution in [-0.2, 0) is 6.42 Å². The second-order valence-corrected chi connectivity index (χ2v) is 7.41. The van der Waals surface area contributed by atoms with Crippen LogP contribution in [0.3, 0.4) is 0 Å². The molecule has 27 heavy (non-hydrogen) atoms. The van der Waals surface area contributed by atoms with Crippen molar-refractivity contribution < 1.29 is 4.79 Å². The van der Waals surface area contributed by atoms with Crippen LogP contribution in [0.5, 0.6) is 0 Å². The molecule has 1 aromatic carbocycles. The summed E-state index contributed by atoms with van der Waals surface area (Å²) in [7, 11) is 0. The monoisotopic (exact) mass is 394 g/mol. The number of benzene rings is 1. The van der Waals surface area contributed by atoms with E-state index in [0.717, 1.165) is 11.1 Å². The minimum atomic E-state index is -0.282. The summed E-state index contributed by atoms with van der Waals surface area (Å²) in [5, 5.41) is 13.0. The number of carbonyl (C=O) groups excluding carboxylic acids is 1. The van der Waals surface area contributed by atoms with Crippen molar-refractivity contribution >= 4 is 34.1 Å². The maximum Gasteiger partial charge on any atom is 0.276 e. The molecule has 1 amide bonds. The Morgan fingerprint density at radius 2 is 2.04 bits per heavy atom. The van der Waals surface area contributed by atoms with Crippen LogP contribution < -0.4 is 5.32 Å². The van der Waals surface area contributed by atoms with E-state index in [1.54, 1.807) is 6.20 Å². The van der Waals surface area contributed by atoms with Gasteiger partial charge in [0, 0.05) is 11.6 Å². The van der Waals surface area contributed by atoms with Crippen LogP contribution in [0.25, 0.3) is 0 Å². The molecule has 9 heteroatoms. The third-order valence-electron chi connectivity index (χ3n) is 3.65. The minimum Gasteiger partial charge on any atom is -0.296 e. The van der Waals surface area contributed by atoms with Crippen LogP contribution in [0.15, 0.2) is 70.6 Å². The standard InChI is InChI=1S/C18H14N6OS2/c25-16(23-17-19-8-9-26-17)15-13(10-12-4-2-1-3-5-12)6-7-14(22-15)27-18-20-11-21-24-18/h1-9,11H,10H2,(H,19,23,25)(H,20,21,24). The maximum atomic E-state index is 12.8. The number of carbonyl (C=O) groups is 1. The van der Waals surface area contributed by atoms with Gasteiger partial charge in [-0.05, 0) is 35.4 Å². The van der Waals surface area contributed by atoms with Crippen molar-refractivity contribution in [1.29, 1.82) is 0 Å². The topological polar surface area (TPSA) is 96.5 Å². The molecule has 3 heterocycles. The Bertz CT molecular complexity index is 1020. The Hall–Kier alpha value is -3.04. The van der Waals surface area contributed by atoms with Crippen LogP contribution in [0, 0.1) is 0 Å². The largest absolute Gasteiger partial charge is 0.296 e. The van der Waals surface area contributed by atoms with Gasteiger partial charge in [0.2, 0.25) is 0 Å². The van der Waals surface area contributed by atoms with Crippen LogP contribution in [0.4, 0.5) is 5.13 Å². The highest BCUT2D eigenvalue weighted by molar-refractivity contribution is 7.99. The lowest BCUT2D eigenvalue weighted by Gasteiger charge is -2.10. The fourth-order valence-electron chi connectivity index (χ4n) is 2.47. The zero-order valence-electron chi connectivity index (χ0n) is 14.0. The van der Waals surface area contributed by atoms with Gasteiger partial charge in [-0.2, -0.15) is 5.10 Å². The highest BCUT2D eigenvalue weighted by Crippen LogP contribution is 2.25. The number of rotatable bonds is 6. The van der Waals surface area contributed by atoms with Crippen LogP contribution in [0.2, 0.25) is 0 Å². The van der Waals surface area contributed by atoms with Gasteiger partial charge in [-0.25, -0.2) is 15.0 Å². The number of aromatic nitrogens is 5. The summed E-state index contributed by atoms with van der Waals surface area (Å²) in [6.45, 7) is 0. The lowest BCUT2D eigenvalue weighted by atomic mass is 10.0. The van der Waals surface area contributed by atoms with Gasteiger partial charge in [-0.15, -0.1) is 11.3 Å². The lowest BCUT2D eigenvalue weighted by molar-refractivity contribution is 0.102. The third kappa shape index (κ3) is 4.39. The van der Waals surface area contributed by atoms with E-state index < -0.39 is 0 Å². The molecule has 2 N–H and O–H groups in total. The van der Waals surface area contributed by atoms with Crippen LogP contribution in [-0.4, -0.2) is 31.1 Å². The number of nitrogens with one attached hydrogen (secondary N) is 2. The molecular formula is C18H14N6OS2. The van der Waals surface area contributed by atoms with Crippen molar-refractivity contribution in [2.45, 2.75) is 16.6 Å². The van der Waals surface area contributed by atoms with E-state index >= 15 is 0 Å². The molecule has 0 radical (unpaired) electrons. The van der Waals surface area contributed by atoms with Crippen molar-refractivity contribution in [3.05, 3.63) is 77.2 Å². The summed E-state index contributed by atoms with van der Waals surface area (Å²) in [5.74, 6) is -0.282. The lowest BCUT2D eigenvalue weighted by Crippen LogP contribution is -2.16. The molecule has 0 saturated heterocycles. The van der Waals surface area contributed by atoms with Crippen molar-refractivity contribution in [2.24, 2.45) is 0 Å². The smallest absolute Gasteiger partial charge is 0.276 e. The molecule has 7 nitrogen and oxygen atoms in total. The van der Waals surface area contributed by atoms with Gasteiger partial charge >= 0.3 is 0 Å². The second-order valence-electron chi connectivity index (χ2n) is 5.50. The molecule has 3 aromatic heterocycles. The van der Waals surface area contributed by atoms with Crippen molar-refractivity contribution in [3.63, 3.8) is 0 Å². The number of pyridine rings is 1. The molecule has 0 aliphatic carbocycles. The fraction of sp³-hybridized carbons (Fsp3) is 0.0556. The van der Waals surface area contributed by atoms with E-state index in [1.807, 2.05) is 47.8 Å². The molecule has 4 aromatic rings. The van der Waals surface area contributed by atoms with E-state index in [-0.39, 0.29) is 5.91 Å². The molecule has 0 unspecified atom stereocenters. The number of hydrogen-bond acceptors (Lipinski definition) is 7. The van der Waals surface area contributed by atoms with Gasteiger partial charge in [0.1, 0.15) is 17.0 Å². The van der Waals surface area contributed by atoms with Gasteiger partial charge in [-0.3, -0.25) is 15.2 Å². The summed E-state index contributed by atoms with van der Waals surface area (Å²) in [5.41, 5.74) is 2.33. The van der Waals surface area contributed by atoms with Gasteiger partial charge in [0.25, 0.3) is 5.91 Å². The fourth-order valence-corrected chi connectivity index (χ4v) is 3.66. The van der Waals surface area contributed by atoms with Crippen LogP contribution in [0.1, 0.15) is 21.6 Å². The Labute approximate surface area is 163 Å². The predicted molar refractivity (Wildman–Crippen MR) is 104 cm³/mol. The van der Waals surface area contributed by atoms with Crippen molar-refractivity contribution in [1.82, 2.24) is 25.1 Å². The van der Waals surface area contributed by atoms with Gasteiger partial charge in [0.05, 0.1) is 0 Å². The second kappa shape index (κ2) is 8.11. The zero-order chi connectivity index (χ0) is 18.5. The van der Waals surface area contributed by atoms with Crippen molar-refractivity contribution in [2.75, 3.05) is 5.32 Å². The normalized spacial score (nSPS) is 10.7. The predicted octanol–water partition coefficient (Wildman–Crippen LogP) is 3.65. The average molecular weight is 394 g/mol. The summed E-state index contributed by atoms with van der Waals surface area (Å²) < 4.78 is 0. The number of amides is 1. The van der Waals surface area contributed by atoms with E-state index in [2.05, 4.69) is 30.5 Å². The number of nitrogens with zero attached hydrogens (tertiary/aromatic N) is 4. The Morgan fingerprint density at radius 3 is 2.78 bits per heavy atom. The summed E-state index contributed by atoms with van der Waals surface area (Å²) in [4.78, 5) is 25.6. The first-order chi connectivity index (χ1) is 13.3. The molecule has 0 spiro atoms. The van der Waals surface area contributed by atoms with E-state index in [4.69, 9.17) is 0 Å². The van der Waals surface area contributed by atoms with E-state index in [9.17, 15) is 4.79 Å². The molecule has 0 aliphatic rings.